The Bertz CT molecular complexity index is 1540. The molecule has 4 aromatic rings. The van der Waals surface area contributed by atoms with Crippen LogP contribution in [0.25, 0.3) is 32.3 Å². The zero-order valence-electron chi connectivity index (χ0n) is 19.0. The number of para-hydroxylation sites is 1. The smallest absolute Gasteiger partial charge is 0.261 e. The maximum absolute atomic E-state index is 13.2. The third kappa shape index (κ3) is 3.34. The van der Waals surface area contributed by atoms with Crippen LogP contribution in [0.4, 0.5) is 0 Å². The van der Waals surface area contributed by atoms with Crippen LogP contribution in [0.1, 0.15) is 35.8 Å². The number of piperazine rings is 1. The molecule has 9 heteroatoms. The first kappa shape index (κ1) is 20.9. The number of hydrogen-bond acceptors (Lipinski definition) is 7. The summed E-state index contributed by atoms with van der Waals surface area (Å²) < 4.78 is 0.957. The molecule has 35 heavy (non-hydrogen) atoms. The van der Waals surface area contributed by atoms with Gasteiger partial charge in [0, 0.05) is 48.7 Å². The molecule has 2 saturated heterocycles. The molecule has 2 fully saturated rings. The van der Waals surface area contributed by atoms with Crippen LogP contribution in [0.15, 0.2) is 41.9 Å². The molecule has 2 unspecified atom stereocenters. The number of H-pyrrole nitrogens is 1. The molecule has 1 aromatic carbocycles. The molecule has 3 aromatic heterocycles. The number of fused-ring (bicyclic) bond motifs is 3. The van der Waals surface area contributed by atoms with E-state index in [9.17, 15) is 9.59 Å². The Kier molecular flexibility index (Phi) is 4.83. The molecule has 0 radical (unpaired) electrons. The lowest BCUT2D eigenvalue weighted by molar-refractivity contribution is -0.122. The Morgan fingerprint density at radius 3 is 2.86 bits per heavy atom. The molecule has 0 spiro atoms. The third-order valence-electron chi connectivity index (χ3n) is 7.50. The Morgan fingerprint density at radius 1 is 1.03 bits per heavy atom. The van der Waals surface area contributed by atoms with Crippen LogP contribution < -0.4 is 10.6 Å². The number of carbonyl (C=O) groups is 2. The van der Waals surface area contributed by atoms with Gasteiger partial charge in [-0.1, -0.05) is 18.2 Å². The SMILES string of the molecule is O=C1NC(=O)C(c2c[nH]c3ccsc23)=C1c1nc(C2CCN3CCNCC3C2)nc2ccccc12. The average molecular weight is 485 g/mol. The van der Waals surface area contributed by atoms with Gasteiger partial charge in [0.2, 0.25) is 0 Å². The fourth-order valence-corrected chi connectivity index (χ4v) is 6.65. The van der Waals surface area contributed by atoms with E-state index in [0.29, 0.717) is 22.9 Å². The van der Waals surface area contributed by atoms with Crippen molar-refractivity contribution in [3.63, 3.8) is 0 Å². The number of thiophene rings is 1. The van der Waals surface area contributed by atoms with Crippen molar-refractivity contribution in [2.24, 2.45) is 0 Å². The number of nitrogens with zero attached hydrogens (tertiary/aromatic N) is 3. The highest BCUT2D eigenvalue weighted by atomic mass is 32.1. The minimum atomic E-state index is -0.406. The van der Waals surface area contributed by atoms with Gasteiger partial charge in [-0.05, 0) is 36.9 Å². The number of piperidine rings is 1. The first-order valence-corrected chi connectivity index (χ1v) is 12.9. The van der Waals surface area contributed by atoms with Crippen LogP contribution in [-0.2, 0) is 9.59 Å². The molecule has 7 rings (SSSR count). The van der Waals surface area contributed by atoms with Crippen molar-refractivity contribution < 1.29 is 9.59 Å². The second-order valence-electron chi connectivity index (χ2n) is 9.46. The van der Waals surface area contributed by atoms with Crippen molar-refractivity contribution >= 4 is 55.4 Å². The van der Waals surface area contributed by atoms with Crippen LogP contribution in [0.2, 0.25) is 0 Å². The van der Waals surface area contributed by atoms with E-state index in [-0.39, 0.29) is 11.8 Å². The monoisotopic (exact) mass is 484 g/mol. The van der Waals surface area contributed by atoms with E-state index in [4.69, 9.17) is 9.97 Å². The van der Waals surface area contributed by atoms with Gasteiger partial charge in [-0.25, -0.2) is 9.97 Å². The zero-order chi connectivity index (χ0) is 23.5. The van der Waals surface area contributed by atoms with Crippen molar-refractivity contribution in [3.8, 4) is 0 Å². The molecule has 2 amide bonds. The number of imide groups is 1. The Hall–Kier alpha value is -3.40. The molecule has 176 valence electrons. The van der Waals surface area contributed by atoms with E-state index in [2.05, 4.69) is 20.5 Å². The van der Waals surface area contributed by atoms with Gasteiger partial charge in [-0.2, -0.15) is 0 Å². The van der Waals surface area contributed by atoms with Crippen molar-refractivity contribution in [2.75, 3.05) is 26.2 Å². The summed E-state index contributed by atoms with van der Waals surface area (Å²) in [6.45, 7) is 4.12. The van der Waals surface area contributed by atoms with E-state index >= 15 is 0 Å². The molecule has 8 nitrogen and oxygen atoms in total. The second kappa shape index (κ2) is 8.08. The van der Waals surface area contributed by atoms with Crippen LogP contribution in [0.5, 0.6) is 0 Å². The van der Waals surface area contributed by atoms with Gasteiger partial charge >= 0.3 is 0 Å². The molecule has 3 N–H and O–H groups in total. The highest BCUT2D eigenvalue weighted by Crippen LogP contribution is 2.39. The van der Waals surface area contributed by atoms with Crippen LogP contribution in [0, 0.1) is 0 Å². The number of carbonyl (C=O) groups excluding carboxylic acids is 2. The predicted molar refractivity (Wildman–Crippen MR) is 136 cm³/mol. The highest BCUT2D eigenvalue weighted by molar-refractivity contribution is 7.17. The number of aromatic nitrogens is 3. The normalized spacial score (nSPS) is 23.3. The summed E-state index contributed by atoms with van der Waals surface area (Å²) >= 11 is 1.55. The summed E-state index contributed by atoms with van der Waals surface area (Å²) in [4.78, 5) is 42.0. The van der Waals surface area contributed by atoms with Crippen molar-refractivity contribution in [3.05, 3.63) is 59.0 Å². The maximum atomic E-state index is 13.2. The molecule has 6 heterocycles. The Labute approximate surface area is 205 Å². The van der Waals surface area contributed by atoms with E-state index < -0.39 is 5.91 Å². The maximum Gasteiger partial charge on any atom is 0.261 e. The van der Waals surface area contributed by atoms with E-state index in [0.717, 1.165) is 71.5 Å². The summed E-state index contributed by atoms with van der Waals surface area (Å²) in [5.41, 5.74) is 3.74. The molecule has 3 aliphatic heterocycles. The van der Waals surface area contributed by atoms with Gasteiger partial charge in [0.05, 0.1) is 32.6 Å². The lowest BCUT2D eigenvalue weighted by Gasteiger charge is -2.42. The quantitative estimate of drug-likeness (QED) is 0.387. The van der Waals surface area contributed by atoms with Crippen LogP contribution >= 0.6 is 11.3 Å². The molecule has 3 aliphatic rings. The fourth-order valence-electron chi connectivity index (χ4n) is 5.77. The van der Waals surface area contributed by atoms with Crippen molar-refractivity contribution in [2.45, 2.75) is 24.8 Å². The number of rotatable bonds is 3. The van der Waals surface area contributed by atoms with E-state index in [1.807, 2.05) is 41.9 Å². The van der Waals surface area contributed by atoms with Crippen LogP contribution in [0.3, 0.4) is 0 Å². The van der Waals surface area contributed by atoms with E-state index in [1.165, 1.54) is 0 Å². The standard InChI is InChI=1S/C26H24N6O2S/c33-25-20(17-13-28-19-6-10-35-23(17)19)21(26(34)31-25)22-16-3-1-2-4-18(16)29-24(30-22)14-5-8-32-9-7-27-12-15(32)11-14/h1-4,6,10,13-15,27-28H,5,7-9,11-12H2,(H,31,33,34). The van der Waals surface area contributed by atoms with Gasteiger partial charge in [-0.3, -0.25) is 19.8 Å². The van der Waals surface area contributed by atoms with Gasteiger partial charge in [0.25, 0.3) is 11.8 Å². The number of benzene rings is 1. The first-order valence-electron chi connectivity index (χ1n) is 12.0. The van der Waals surface area contributed by atoms with Crippen molar-refractivity contribution in [1.82, 2.24) is 30.5 Å². The highest BCUT2D eigenvalue weighted by Gasteiger charge is 2.37. The molecular formula is C26H24N6O2S. The first-order chi connectivity index (χ1) is 17.2. The van der Waals surface area contributed by atoms with Gasteiger partial charge < -0.3 is 10.3 Å². The minimum absolute atomic E-state index is 0.208. The molecule has 0 saturated carbocycles. The minimum Gasteiger partial charge on any atom is -0.360 e. The predicted octanol–water partition coefficient (Wildman–Crippen LogP) is 2.89. The number of aromatic amines is 1. The Morgan fingerprint density at radius 2 is 1.91 bits per heavy atom. The summed E-state index contributed by atoms with van der Waals surface area (Å²) in [6.07, 6.45) is 3.78. The van der Waals surface area contributed by atoms with Crippen LogP contribution in [-0.4, -0.2) is 63.9 Å². The summed E-state index contributed by atoms with van der Waals surface area (Å²) in [7, 11) is 0. The lowest BCUT2D eigenvalue weighted by atomic mass is 9.88. The molecular weight excluding hydrogens is 460 g/mol. The van der Waals surface area contributed by atoms with Gasteiger partial charge in [0.1, 0.15) is 5.82 Å². The summed E-state index contributed by atoms with van der Waals surface area (Å²) in [6, 6.07) is 10.2. The molecule has 2 atom stereocenters. The third-order valence-corrected chi connectivity index (χ3v) is 8.45. The lowest BCUT2D eigenvalue weighted by Crippen LogP contribution is -2.54. The second-order valence-corrected chi connectivity index (χ2v) is 10.4. The molecule has 0 bridgehead atoms. The van der Waals surface area contributed by atoms with Crippen molar-refractivity contribution in [1.29, 1.82) is 0 Å². The fraction of sp³-hybridized carbons (Fsp3) is 0.308. The Balaban J connectivity index is 1.41. The largest absolute Gasteiger partial charge is 0.360 e. The number of amides is 2. The summed E-state index contributed by atoms with van der Waals surface area (Å²) in [5.74, 6) is 0.181. The number of nitrogens with one attached hydrogen (secondary N) is 3. The average Bonchev–Trinajstić information content (AvgIpc) is 3.58. The number of hydrogen-bond donors (Lipinski definition) is 3. The zero-order valence-corrected chi connectivity index (χ0v) is 19.8. The molecule has 0 aliphatic carbocycles. The van der Waals surface area contributed by atoms with E-state index in [1.54, 1.807) is 11.3 Å². The van der Waals surface area contributed by atoms with Gasteiger partial charge in [-0.15, -0.1) is 11.3 Å². The van der Waals surface area contributed by atoms with Gasteiger partial charge in [0.15, 0.2) is 0 Å². The topological polar surface area (TPSA) is 103 Å². The summed E-state index contributed by atoms with van der Waals surface area (Å²) in [5, 5.41) is 8.79.